The van der Waals surface area contributed by atoms with Gasteiger partial charge in [0.15, 0.2) is 0 Å². The average Bonchev–Trinajstić information content (AvgIpc) is 2.55. The zero-order valence-corrected chi connectivity index (χ0v) is 13.1. The van der Waals surface area contributed by atoms with Crippen LogP contribution < -0.4 is 5.32 Å². The van der Waals surface area contributed by atoms with Crippen LogP contribution in [0.25, 0.3) is 0 Å². The van der Waals surface area contributed by atoms with Gasteiger partial charge in [0, 0.05) is 11.5 Å². The van der Waals surface area contributed by atoms with E-state index in [0.29, 0.717) is 0 Å². The van der Waals surface area contributed by atoms with E-state index in [2.05, 4.69) is 5.32 Å². The van der Waals surface area contributed by atoms with Crippen molar-refractivity contribution in [2.75, 3.05) is 18.5 Å². The smallest absolute Gasteiger partial charge is 0.307 e. The Balaban J connectivity index is 1.50. The van der Waals surface area contributed by atoms with Crippen molar-refractivity contribution < 1.29 is 19.1 Å². The molecule has 0 aliphatic carbocycles. The van der Waals surface area contributed by atoms with Crippen LogP contribution in [0.1, 0.15) is 25.7 Å². The number of thioether (sulfide) groups is 1. The highest BCUT2D eigenvalue weighted by Crippen LogP contribution is 2.36. The molecular formula is C16H19NO4S. The Morgan fingerprint density at radius 2 is 2.23 bits per heavy atom. The number of ether oxygens (including phenoxy) is 2. The molecule has 0 unspecified atom stereocenters. The fourth-order valence-electron chi connectivity index (χ4n) is 2.56. The molecule has 5 nitrogen and oxygen atoms in total. The summed E-state index contributed by atoms with van der Waals surface area (Å²) in [6.07, 6.45) is 3.20. The fourth-order valence-corrected chi connectivity index (χ4v) is 3.66. The van der Waals surface area contributed by atoms with Crippen molar-refractivity contribution in [3.8, 4) is 0 Å². The van der Waals surface area contributed by atoms with Crippen LogP contribution in [0.5, 0.6) is 0 Å². The van der Waals surface area contributed by atoms with Gasteiger partial charge in [0.25, 0.3) is 0 Å². The molecule has 2 heterocycles. The van der Waals surface area contributed by atoms with Gasteiger partial charge in [0.1, 0.15) is 6.61 Å². The lowest BCUT2D eigenvalue weighted by Gasteiger charge is -2.24. The first-order chi connectivity index (χ1) is 10.7. The molecule has 1 aromatic carbocycles. The summed E-state index contributed by atoms with van der Waals surface area (Å²) in [7, 11) is 0. The highest BCUT2D eigenvalue weighted by molar-refractivity contribution is 8.01. The van der Waals surface area contributed by atoms with Crippen LogP contribution >= 0.6 is 11.8 Å². The summed E-state index contributed by atoms with van der Waals surface area (Å²) in [5.74, 6) is -0.490. The Hall–Kier alpha value is -1.53. The minimum atomic E-state index is -0.435. The fraction of sp³-hybridized carbons (Fsp3) is 0.500. The van der Waals surface area contributed by atoms with E-state index >= 15 is 0 Å². The molecule has 1 saturated heterocycles. The van der Waals surface area contributed by atoms with Crippen molar-refractivity contribution in [1.29, 1.82) is 0 Å². The highest BCUT2D eigenvalue weighted by Gasteiger charge is 2.29. The van der Waals surface area contributed by atoms with Gasteiger partial charge in [-0.25, -0.2) is 0 Å². The predicted molar refractivity (Wildman–Crippen MR) is 83.9 cm³/mol. The van der Waals surface area contributed by atoms with Gasteiger partial charge in [-0.3, -0.25) is 9.59 Å². The molecule has 0 radical (unpaired) electrons. The molecular weight excluding hydrogens is 302 g/mol. The van der Waals surface area contributed by atoms with E-state index in [0.717, 1.165) is 36.5 Å². The van der Waals surface area contributed by atoms with Crippen LogP contribution in [-0.2, 0) is 19.1 Å². The van der Waals surface area contributed by atoms with Gasteiger partial charge in [-0.2, -0.15) is 0 Å². The highest BCUT2D eigenvalue weighted by atomic mass is 32.2. The van der Waals surface area contributed by atoms with Gasteiger partial charge in [-0.15, -0.1) is 11.8 Å². The van der Waals surface area contributed by atoms with Gasteiger partial charge < -0.3 is 14.8 Å². The number of para-hydroxylation sites is 1. The molecule has 1 fully saturated rings. The number of nitrogens with one attached hydrogen (secondary N) is 1. The molecule has 0 bridgehead atoms. The lowest BCUT2D eigenvalue weighted by molar-refractivity contribution is -0.149. The van der Waals surface area contributed by atoms with E-state index in [-0.39, 0.29) is 31.0 Å². The third-order valence-corrected chi connectivity index (χ3v) is 5.04. The molecule has 0 aromatic heterocycles. The monoisotopic (exact) mass is 321 g/mol. The van der Waals surface area contributed by atoms with Gasteiger partial charge in [0.05, 0.1) is 23.5 Å². The summed E-state index contributed by atoms with van der Waals surface area (Å²) in [6, 6.07) is 7.58. The first kappa shape index (κ1) is 15.4. The van der Waals surface area contributed by atoms with Gasteiger partial charge >= 0.3 is 5.97 Å². The van der Waals surface area contributed by atoms with E-state index in [4.69, 9.17) is 9.47 Å². The number of amides is 1. The van der Waals surface area contributed by atoms with Crippen LogP contribution in [0.3, 0.4) is 0 Å². The molecule has 1 N–H and O–H groups in total. The molecule has 2 atom stereocenters. The van der Waals surface area contributed by atoms with Crippen molar-refractivity contribution in [2.45, 2.75) is 41.9 Å². The van der Waals surface area contributed by atoms with Crippen molar-refractivity contribution in [3.05, 3.63) is 24.3 Å². The average molecular weight is 321 g/mol. The molecule has 1 amide bonds. The van der Waals surface area contributed by atoms with Crippen molar-refractivity contribution in [1.82, 2.24) is 0 Å². The number of carbonyl (C=O) groups is 2. The second-order valence-corrected chi connectivity index (χ2v) is 6.71. The van der Waals surface area contributed by atoms with Gasteiger partial charge in [0.2, 0.25) is 5.91 Å². The van der Waals surface area contributed by atoms with Crippen LogP contribution in [0.2, 0.25) is 0 Å². The van der Waals surface area contributed by atoms with Crippen molar-refractivity contribution >= 4 is 29.3 Å². The maximum absolute atomic E-state index is 12.0. The zero-order chi connectivity index (χ0) is 15.4. The molecule has 0 spiro atoms. The second-order valence-electron chi connectivity index (χ2n) is 5.47. The Morgan fingerprint density at radius 3 is 3.05 bits per heavy atom. The molecule has 2 aliphatic rings. The van der Waals surface area contributed by atoms with E-state index in [1.807, 2.05) is 24.3 Å². The van der Waals surface area contributed by atoms with Crippen LogP contribution in [-0.4, -0.2) is 36.4 Å². The number of fused-ring (bicyclic) bond motifs is 1. The van der Waals surface area contributed by atoms with Crippen LogP contribution in [0.4, 0.5) is 5.69 Å². The summed E-state index contributed by atoms with van der Waals surface area (Å²) in [6.45, 7) is 1.02. The standard InChI is InChI=1S/C16H19NO4S/c18-15(21-10-11-5-3-4-8-20-11)9-14-16(19)17-12-6-1-2-7-13(12)22-14/h1-2,6-7,11,14H,3-5,8-10H2,(H,17,19)/t11-,14-/m1/s1. The Morgan fingerprint density at radius 1 is 1.36 bits per heavy atom. The lowest BCUT2D eigenvalue weighted by atomic mass is 10.1. The topological polar surface area (TPSA) is 64.6 Å². The molecule has 22 heavy (non-hydrogen) atoms. The van der Waals surface area contributed by atoms with Crippen molar-refractivity contribution in [3.63, 3.8) is 0 Å². The van der Waals surface area contributed by atoms with Crippen LogP contribution in [0, 0.1) is 0 Å². The zero-order valence-electron chi connectivity index (χ0n) is 12.2. The molecule has 118 valence electrons. The first-order valence-corrected chi connectivity index (χ1v) is 8.44. The third-order valence-electron chi connectivity index (χ3n) is 3.76. The van der Waals surface area contributed by atoms with Gasteiger partial charge in [-0.05, 0) is 31.4 Å². The second kappa shape index (κ2) is 7.15. The Kier molecular flexibility index (Phi) is 5.00. The lowest BCUT2D eigenvalue weighted by Crippen LogP contribution is -2.32. The number of hydrogen-bond donors (Lipinski definition) is 1. The normalized spacial score (nSPS) is 24.3. The summed E-state index contributed by atoms with van der Waals surface area (Å²) in [4.78, 5) is 25.0. The number of benzene rings is 1. The summed E-state index contributed by atoms with van der Waals surface area (Å²) in [5, 5.41) is 2.39. The maximum Gasteiger partial charge on any atom is 0.307 e. The molecule has 6 heteroatoms. The molecule has 0 saturated carbocycles. The van der Waals surface area contributed by atoms with E-state index in [9.17, 15) is 9.59 Å². The molecule has 3 rings (SSSR count). The number of hydrogen-bond acceptors (Lipinski definition) is 5. The van der Waals surface area contributed by atoms with E-state index < -0.39 is 5.25 Å². The number of carbonyl (C=O) groups excluding carboxylic acids is 2. The number of rotatable bonds is 4. The van der Waals surface area contributed by atoms with E-state index in [1.165, 1.54) is 11.8 Å². The number of esters is 1. The van der Waals surface area contributed by atoms with E-state index in [1.54, 1.807) is 0 Å². The molecule has 2 aliphatic heterocycles. The largest absolute Gasteiger partial charge is 0.463 e. The molecule has 1 aromatic rings. The minimum Gasteiger partial charge on any atom is -0.463 e. The van der Waals surface area contributed by atoms with Crippen molar-refractivity contribution in [2.24, 2.45) is 0 Å². The Labute approximate surface area is 133 Å². The SMILES string of the molecule is O=C(C[C@H]1Sc2ccccc2NC1=O)OC[C@H]1CCCCO1. The quantitative estimate of drug-likeness (QED) is 0.864. The Bertz CT molecular complexity index is 557. The number of anilines is 1. The first-order valence-electron chi connectivity index (χ1n) is 7.56. The minimum absolute atomic E-state index is 0.00580. The van der Waals surface area contributed by atoms with Crippen LogP contribution in [0.15, 0.2) is 29.2 Å². The summed E-state index contributed by atoms with van der Waals surface area (Å²) >= 11 is 1.41. The third kappa shape index (κ3) is 3.81. The van der Waals surface area contributed by atoms with Gasteiger partial charge in [-0.1, -0.05) is 12.1 Å². The summed E-state index contributed by atoms with van der Waals surface area (Å²) < 4.78 is 10.8. The maximum atomic E-state index is 12.0. The summed E-state index contributed by atoms with van der Waals surface area (Å²) in [5.41, 5.74) is 0.803. The predicted octanol–water partition coefficient (Wildman–Crippen LogP) is 2.60.